The Morgan fingerprint density at radius 1 is 1.38 bits per heavy atom. The first kappa shape index (κ1) is 10.3. The maximum Gasteiger partial charge on any atom is 0.207 e. The van der Waals surface area contributed by atoms with Crippen LogP contribution < -0.4 is 0 Å². The van der Waals surface area contributed by atoms with Crippen LogP contribution in [-0.4, -0.2) is 11.5 Å². The fourth-order valence-corrected chi connectivity index (χ4v) is 1.44. The molecule has 0 aromatic heterocycles. The Labute approximate surface area is 85.4 Å². The van der Waals surface area contributed by atoms with Crippen LogP contribution in [0.1, 0.15) is 5.56 Å². The number of nitro groups is 1. The minimum Gasteiger partial charge on any atom is -0.265 e. The second-order valence-corrected chi connectivity index (χ2v) is 3.39. The molecule has 1 aromatic rings. The molecule has 1 rings (SSSR count). The first-order valence-electron chi connectivity index (χ1n) is 3.65. The monoisotopic (exact) mass is 219 g/mol. The fourth-order valence-electron chi connectivity index (χ4n) is 0.936. The topological polar surface area (TPSA) is 43.1 Å². The van der Waals surface area contributed by atoms with E-state index >= 15 is 0 Å². The molecule has 0 heterocycles. The van der Waals surface area contributed by atoms with Crippen LogP contribution in [0.4, 0.5) is 0 Å². The van der Waals surface area contributed by atoms with Crippen molar-refractivity contribution in [3.05, 3.63) is 43.9 Å². The first-order valence-corrected chi connectivity index (χ1v) is 4.41. The highest BCUT2D eigenvalue weighted by Crippen LogP contribution is 2.21. The zero-order valence-electron chi connectivity index (χ0n) is 6.67. The second-order valence-electron chi connectivity index (χ2n) is 2.54. The van der Waals surface area contributed by atoms with Crippen molar-refractivity contribution in [1.82, 2.24) is 0 Å². The normalized spacial score (nSPS) is 10.0. The van der Waals surface area contributed by atoms with Gasteiger partial charge in [-0.25, -0.2) is 0 Å². The Morgan fingerprint density at radius 3 is 2.62 bits per heavy atom. The molecule has 0 aliphatic rings. The second kappa shape index (κ2) is 4.44. The van der Waals surface area contributed by atoms with Gasteiger partial charge in [0, 0.05) is 21.4 Å². The van der Waals surface area contributed by atoms with Gasteiger partial charge in [-0.05, 0) is 17.7 Å². The molecule has 0 saturated heterocycles. The molecule has 0 unspecified atom stereocenters. The number of rotatable bonds is 3. The van der Waals surface area contributed by atoms with Crippen LogP contribution in [0.2, 0.25) is 10.0 Å². The number of hydrogen-bond acceptors (Lipinski definition) is 2. The molecule has 0 aliphatic carbocycles. The van der Waals surface area contributed by atoms with Gasteiger partial charge in [0.2, 0.25) is 6.54 Å². The average Bonchev–Trinajstić information content (AvgIpc) is 2.02. The van der Waals surface area contributed by atoms with Crippen LogP contribution in [0, 0.1) is 10.1 Å². The van der Waals surface area contributed by atoms with Crippen LogP contribution in [-0.2, 0) is 6.42 Å². The van der Waals surface area contributed by atoms with Gasteiger partial charge in [-0.3, -0.25) is 10.1 Å². The smallest absolute Gasteiger partial charge is 0.207 e. The van der Waals surface area contributed by atoms with Gasteiger partial charge in [0.1, 0.15) is 0 Å². The van der Waals surface area contributed by atoms with Gasteiger partial charge in [0.25, 0.3) is 0 Å². The molecule has 0 spiro atoms. The number of benzene rings is 1. The third-order valence-corrected chi connectivity index (χ3v) is 2.17. The molecule has 1 aromatic carbocycles. The summed E-state index contributed by atoms with van der Waals surface area (Å²) >= 11 is 11.5. The molecule has 0 fully saturated rings. The van der Waals surface area contributed by atoms with E-state index in [1.54, 1.807) is 18.2 Å². The molecule has 13 heavy (non-hydrogen) atoms. The summed E-state index contributed by atoms with van der Waals surface area (Å²) in [6, 6.07) is 4.95. The fraction of sp³-hybridized carbons (Fsp3) is 0.250. The van der Waals surface area contributed by atoms with E-state index in [0.717, 1.165) is 5.56 Å². The van der Waals surface area contributed by atoms with Gasteiger partial charge in [0.05, 0.1) is 0 Å². The van der Waals surface area contributed by atoms with E-state index in [2.05, 4.69) is 0 Å². The highest BCUT2D eigenvalue weighted by atomic mass is 35.5. The van der Waals surface area contributed by atoms with Crippen molar-refractivity contribution >= 4 is 23.2 Å². The molecule has 0 aliphatic heterocycles. The van der Waals surface area contributed by atoms with Crippen LogP contribution in [0.25, 0.3) is 0 Å². The minimum atomic E-state index is -0.370. The SMILES string of the molecule is O=[N+]([O-])CCc1ccc(Cl)cc1Cl. The van der Waals surface area contributed by atoms with Crippen molar-refractivity contribution in [2.24, 2.45) is 0 Å². The quantitative estimate of drug-likeness (QED) is 0.580. The molecule has 70 valence electrons. The lowest BCUT2D eigenvalue weighted by Crippen LogP contribution is -2.04. The summed E-state index contributed by atoms with van der Waals surface area (Å²) in [6.45, 7) is -0.110. The molecule has 0 saturated carbocycles. The molecule has 0 atom stereocenters. The predicted molar refractivity (Wildman–Crippen MR) is 52.0 cm³/mol. The van der Waals surface area contributed by atoms with Crippen LogP contribution >= 0.6 is 23.2 Å². The van der Waals surface area contributed by atoms with Crippen LogP contribution in [0.5, 0.6) is 0 Å². The summed E-state index contributed by atoms with van der Waals surface area (Å²) < 4.78 is 0. The number of nitrogens with zero attached hydrogens (tertiary/aromatic N) is 1. The number of halogens is 2. The van der Waals surface area contributed by atoms with Gasteiger partial charge in [-0.1, -0.05) is 29.3 Å². The highest BCUT2D eigenvalue weighted by molar-refractivity contribution is 6.35. The lowest BCUT2D eigenvalue weighted by atomic mass is 10.1. The Morgan fingerprint density at radius 2 is 2.08 bits per heavy atom. The first-order chi connectivity index (χ1) is 6.09. The Bertz CT molecular complexity index is 328. The molecule has 0 bridgehead atoms. The van der Waals surface area contributed by atoms with Crippen molar-refractivity contribution in [3.8, 4) is 0 Å². The minimum absolute atomic E-state index is 0.110. The lowest BCUT2D eigenvalue weighted by molar-refractivity contribution is -0.479. The zero-order valence-corrected chi connectivity index (χ0v) is 8.18. The van der Waals surface area contributed by atoms with E-state index in [1.807, 2.05) is 0 Å². The average molecular weight is 220 g/mol. The standard InChI is InChI=1S/C8H7Cl2NO2/c9-7-2-1-6(8(10)5-7)3-4-11(12)13/h1-2,5H,3-4H2. The van der Waals surface area contributed by atoms with Gasteiger partial charge < -0.3 is 0 Å². The van der Waals surface area contributed by atoms with Crippen molar-refractivity contribution in [1.29, 1.82) is 0 Å². The Kier molecular flexibility index (Phi) is 3.51. The van der Waals surface area contributed by atoms with Crippen molar-refractivity contribution in [2.75, 3.05) is 6.54 Å². The molecule has 0 radical (unpaired) electrons. The Balaban J connectivity index is 2.72. The molecule has 3 nitrogen and oxygen atoms in total. The summed E-state index contributed by atoms with van der Waals surface area (Å²) in [4.78, 5) is 9.72. The molecule has 0 N–H and O–H groups in total. The highest BCUT2D eigenvalue weighted by Gasteiger charge is 2.04. The van der Waals surface area contributed by atoms with E-state index in [0.29, 0.717) is 16.5 Å². The van der Waals surface area contributed by atoms with Gasteiger partial charge >= 0.3 is 0 Å². The summed E-state index contributed by atoms with van der Waals surface area (Å²) in [7, 11) is 0. The lowest BCUT2D eigenvalue weighted by Gasteiger charge is -2.00. The molecule has 5 heteroatoms. The van der Waals surface area contributed by atoms with Gasteiger partial charge in [-0.15, -0.1) is 0 Å². The Hall–Kier alpha value is -0.800. The molecular weight excluding hydrogens is 213 g/mol. The van der Waals surface area contributed by atoms with E-state index in [9.17, 15) is 10.1 Å². The van der Waals surface area contributed by atoms with E-state index in [4.69, 9.17) is 23.2 Å². The van der Waals surface area contributed by atoms with Crippen LogP contribution in [0.3, 0.4) is 0 Å². The maximum absolute atomic E-state index is 10.1. The predicted octanol–water partition coefficient (Wildman–Crippen LogP) is 2.81. The third kappa shape index (κ3) is 3.20. The third-order valence-electron chi connectivity index (χ3n) is 1.58. The maximum atomic E-state index is 10.1. The number of hydrogen-bond donors (Lipinski definition) is 0. The van der Waals surface area contributed by atoms with E-state index < -0.39 is 0 Å². The summed E-state index contributed by atoms with van der Waals surface area (Å²) in [5.74, 6) is 0. The van der Waals surface area contributed by atoms with Crippen LogP contribution in [0.15, 0.2) is 18.2 Å². The van der Waals surface area contributed by atoms with Crippen molar-refractivity contribution in [2.45, 2.75) is 6.42 Å². The van der Waals surface area contributed by atoms with Crippen molar-refractivity contribution in [3.63, 3.8) is 0 Å². The van der Waals surface area contributed by atoms with Crippen molar-refractivity contribution < 1.29 is 4.92 Å². The van der Waals surface area contributed by atoms with E-state index in [1.165, 1.54) is 0 Å². The largest absolute Gasteiger partial charge is 0.265 e. The zero-order chi connectivity index (χ0) is 9.84. The van der Waals surface area contributed by atoms with E-state index in [-0.39, 0.29) is 11.5 Å². The van der Waals surface area contributed by atoms with Gasteiger partial charge in [-0.2, -0.15) is 0 Å². The summed E-state index contributed by atoms with van der Waals surface area (Å²) in [5, 5.41) is 11.1. The molecular formula is C8H7Cl2NO2. The summed E-state index contributed by atoms with van der Waals surface area (Å²) in [5.41, 5.74) is 0.753. The summed E-state index contributed by atoms with van der Waals surface area (Å²) in [6.07, 6.45) is 0.336. The molecule has 0 amide bonds. The van der Waals surface area contributed by atoms with Gasteiger partial charge in [0.15, 0.2) is 0 Å².